The summed E-state index contributed by atoms with van der Waals surface area (Å²) in [5, 5.41) is 3.50. The van der Waals surface area contributed by atoms with Crippen LogP contribution in [-0.2, 0) is 6.42 Å². The van der Waals surface area contributed by atoms with Crippen LogP contribution in [0.1, 0.15) is 31.0 Å². The highest BCUT2D eigenvalue weighted by atomic mass is 16.3. The molecule has 0 aliphatic rings. The number of aryl methyl sites for hydroxylation is 1. The zero-order chi connectivity index (χ0) is 11.4. The maximum absolute atomic E-state index is 5.09. The van der Waals surface area contributed by atoms with Gasteiger partial charge in [-0.1, -0.05) is 25.1 Å². The van der Waals surface area contributed by atoms with E-state index in [1.165, 1.54) is 16.8 Å². The third-order valence-electron chi connectivity index (χ3n) is 2.81. The normalized spacial score (nSPS) is 12.4. The van der Waals surface area contributed by atoms with E-state index in [1.54, 1.807) is 12.5 Å². The fourth-order valence-corrected chi connectivity index (χ4v) is 1.81. The maximum Gasteiger partial charge on any atom is 0.0955 e. The molecule has 16 heavy (non-hydrogen) atoms. The smallest absolute Gasteiger partial charge is 0.0955 e. The fraction of sp³-hybridized carbons (Fsp3) is 0.286. The summed E-state index contributed by atoms with van der Waals surface area (Å²) >= 11 is 0. The SMILES string of the molecule is CCc1ccccc1NC(C)c1ccoc1. The Morgan fingerprint density at radius 3 is 2.75 bits per heavy atom. The monoisotopic (exact) mass is 215 g/mol. The molecule has 1 aromatic heterocycles. The van der Waals surface area contributed by atoms with Crippen LogP contribution in [-0.4, -0.2) is 0 Å². The highest BCUT2D eigenvalue weighted by Crippen LogP contribution is 2.22. The third kappa shape index (κ3) is 2.27. The lowest BCUT2D eigenvalue weighted by Gasteiger charge is -2.16. The van der Waals surface area contributed by atoms with Crippen LogP contribution < -0.4 is 5.32 Å². The van der Waals surface area contributed by atoms with E-state index in [2.05, 4.69) is 43.4 Å². The summed E-state index contributed by atoms with van der Waals surface area (Å²) < 4.78 is 5.09. The average Bonchev–Trinajstić information content (AvgIpc) is 2.83. The van der Waals surface area contributed by atoms with Crippen molar-refractivity contribution in [3.05, 3.63) is 54.0 Å². The second-order valence-corrected chi connectivity index (χ2v) is 3.93. The third-order valence-corrected chi connectivity index (χ3v) is 2.81. The molecular formula is C14H17NO. The van der Waals surface area contributed by atoms with Crippen molar-refractivity contribution in [2.75, 3.05) is 5.32 Å². The minimum absolute atomic E-state index is 0.270. The minimum Gasteiger partial charge on any atom is -0.472 e. The molecule has 1 N–H and O–H groups in total. The largest absolute Gasteiger partial charge is 0.472 e. The van der Waals surface area contributed by atoms with Crippen molar-refractivity contribution in [2.45, 2.75) is 26.3 Å². The van der Waals surface area contributed by atoms with E-state index < -0.39 is 0 Å². The molecule has 0 saturated carbocycles. The van der Waals surface area contributed by atoms with Gasteiger partial charge in [0.15, 0.2) is 0 Å². The first-order valence-electron chi connectivity index (χ1n) is 5.67. The number of rotatable bonds is 4. The van der Waals surface area contributed by atoms with E-state index in [1.807, 2.05) is 6.07 Å². The lowest BCUT2D eigenvalue weighted by molar-refractivity contribution is 0.562. The standard InChI is InChI=1S/C14H17NO/c1-3-12-6-4-5-7-14(12)15-11(2)13-8-9-16-10-13/h4-11,15H,3H2,1-2H3. The van der Waals surface area contributed by atoms with Gasteiger partial charge in [0.1, 0.15) is 0 Å². The zero-order valence-corrected chi connectivity index (χ0v) is 9.73. The fourth-order valence-electron chi connectivity index (χ4n) is 1.81. The van der Waals surface area contributed by atoms with Crippen molar-refractivity contribution in [3.8, 4) is 0 Å². The van der Waals surface area contributed by atoms with Gasteiger partial charge in [0, 0.05) is 11.3 Å². The van der Waals surface area contributed by atoms with Gasteiger partial charge in [-0.3, -0.25) is 0 Å². The molecule has 2 aromatic rings. The summed E-state index contributed by atoms with van der Waals surface area (Å²) in [6.07, 6.45) is 4.53. The van der Waals surface area contributed by atoms with E-state index in [4.69, 9.17) is 4.42 Å². The molecule has 1 heterocycles. The van der Waals surface area contributed by atoms with Crippen molar-refractivity contribution < 1.29 is 4.42 Å². The first-order chi connectivity index (χ1) is 7.81. The minimum atomic E-state index is 0.270. The molecule has 2 nitrogen and oxygen atoms in total. The van der Waals surface area contributed by atoms with E-state index in [0.29, 0.717) is 0 Å². The predicted octanol–water partition coefficient (Wildman–Crippen LogP) is 4.02. The number of hydrogen-bond acceptors (Lipinski definition) is 2. The lowest BCUT2D eigenvalue weighted by atomic mass is 10.1. The van der Waals surface area contributed by atoms with Gasteiger partial charge < -0.3 is 9.73 Å². The maximum atomic E-state index is 5.09. The summed E-state index contributed by atoms with van der Waals surface area (Å²) in [7, 11) is 0. The highest BCUT2D eigenvalue weighted by Gasteiger charge is 2.07. The lowest BCUT2D eigenvalue weighted by Crippen LogP contribution is -2.07. The molecule has 2 heteroatoms. The van der Waals surface area contributed by atoms with Crippen LogP contribution in [0.2, 0.25) is 0 Å². The van der Waals surface area contributed by atoms with Crippen molar-refractivity contribution in [1.82, 2.24) is 0 Å². The van der Waals surface area contributed by atoms with Crippen LogP contribution in [0.15, 0.2) is 47.3 Å². The van der Waals surface area contributed by atoms with Gasteiger partial charge in [0.2, 0.25) is 0 Å². The quantitative estimate of drug-likeness (QED) is 0.833. The molecule has 0 spiro atoms. The van der Waals surface area contributed by atoms with Gasteiger partial charge in [-0.05, 0) is 31.0 Å². The van der Waals surface area contributed by atoms with E-state index in [0.717, 1.165) is 6.42 Å². The molecule has 0 bridgehead atoms. The Labute approximate surface area is 96.3 Å². The van der Waals surface area contributed by atoms with Crippen molar-refractivity contribution in [3.63, 3.8) is 0 Å². The number of benzene rings is 1. The van der Waals surface area contributed by atoms with E-state index in [9.17, 15) is 0 Å². The summed E-state index contributed by atoms with van der Waals surface area (Å²) in [4.78, 5) is 0. The first-order valence-corrected chi connectivity index (χ1v) is 5.67. The van der Waals surface area contributed by atoms with E-state index in [-0.39, 0.29) is 6.04 Å². The predicted molar refractivity (Wildman–Crippen MR) is 66.6 cm³/mol. The van der Waals surface area contributed by atoms with E-state index >= 15 is 0 Å². The molecule has 84 valence electrons. The number of nitrogens with one attached hydrogen (secondary N) is 1. The van der Waals surface area contributed by atoms with Crippen molar-refractivity contribution in [1.29, 1.82) is 0 Å². The number of para-hydroxylation sites is 1. The second-order valence-electron chi connectivity index (χ2n) is 3.93. The first kappa shape index (κ1) is 10.8. The summed E-state index contributed by atoms with van der Waals surface area (Å²) in [5.74, 6) is 0. The molecule has 1 aromatic carbocycles. The van der Waals surface area contributed by atoms with Crippen molar-refractivity contribution >= 4 is 5.69 Å². The van der Waals surface area contributed by atoms with Crippen LogP contribution in [0, 0.1) is 0 Å². The van der Waals surface area contributed by atoms with Crippen LogP contribution in [0.3, 0.4) is 0 Å². The Morgan fingerprint density at radius 2 is 2.06 bits per heavy atom. The Bertz CT molecular complexity index is 434. The molecule has 2 rings (SSSR count). The Balaban J connectivity index is 2.14. The Kier molecular flexibility index (Phi) is 3.30. The van der Waals surface area contributed by atoms with Gasteiger partial charge in [0.25, 0.3) is 0 Å². The molecular weight excluding hydrogens is 198 g/mol. The molecule has 0 radical (unpaired) electrons. The molecule has 1 unspecified atom stereocenters. The number of furan rings is 1. The van der Waals surface area contributed by atoms with Gasteiger partial charge in [-0.25, -0.2) is 0 Å². The van der Waals surface area contributed by atoms with Gasteiger partial charge in [-0.2, -0.15) is 0 Å². The summed E-state index contributed by atoms with van der Waals surface area (Å²) in [6, 6.07) is 10.7. The van der Waals surface area contributed by atoms with Crippen LogP contribution >= 0.6 is 0 Å². The topological polar surface area (TPSA) is 25.2 Å². The Morgan fingerprint density at radius 1 is 1.25 bits per heavy atom. The van der Waals surface area contributed by atoms with Gasteiger partial charge in [-0.15, -0.1) is 0 Å². The van der Waals surface area contributed by atoms with Crippen LogP contribution in [0.25, 0.3) is 0 Å². The van der Waals surface area contributed by atoms with Crippen LogP contribution in [0.4, 0.5) is 5.69 Å². The van der Waals surface area contributed by atoms with Crippen molar-refractivity contribution in [2.24, 2.45) is 0 Å². The summed E-state index contributed by atoms with van der Waals surface area (Å²) in [5.41, 5.74) is 3.72. The second kappa shape index (κ2) is 4.88. The summed E-state index contributed by atoms with van der Waals surface area (Å²) in [6.45, 7) is 4.31. The molecule has 0 aliphatic carbocycles. The van der Waals surface area contributed by atoms with Crippen LogP contribution in [0.5, 0.6) is 0 Å². The number of anilines is 1. The molecule has 0 saturated heterocycles. The molecule has 0 aliphatic heterocycles. The molecule has 1 atom stereocenters. The van der Waals surface area contributed by atoms with Gasteiger partial charge in [0.05, 0.1) is 18.6 Å². The molecule has 0 amide bonds. The highest BCUT2D eigenvalue weighted by molar-refractivity contribution is 5.52. The van der Waals surface area contributed by atoms with Gasteiger partial charge >= 0.3 is 0 Å². The Hall–Kier alpha value is -1.70. The average molecular weight is 215 g/mol. The zero-order valence-electron chi connectivity index (χ0n) is 9.73. The number of hydrogen-bond donors (Lipinski definition) is 1. The molecule has 0 fully saturated rings.